The Labute approximate surface area is 257 Å². The largest absolute Gasteiger partial charge is 1.00 e. The van der Waals surface area contributed by atoms with Gasteiger partial charge in [-0.3, -0.25) is 14.4 Å². The summed E-state index contributed by atoms with van der Waals surface area (Å²) in [5.74, 6) is -0.902. The number of aliphatic carboxylic acids is 1. The van der Waals surface area contributed by atoms with Crippen molar-refractivity contribution in [3.05, 3.63) is 96.7 Å². The van der Waals surface area contributed by atoms with Crippen molar-refractivity contribution in [2.75, 3.05) is 18.4 Å². The summed E-state index contributed by atoms with van der Waals surface area (Å²) in [6.07, 6.45) is 3.19. The van der Waals surface area contributed by atoms with Gasteiger partial charge in [-0.15, -0.1) is 0 Å². The van der Waals surface area contributed by atoms with Gasteiger partial charge in [0.2, 0.25) is 11.8 Å². The SMILES string of the molecule is O=C(O)CC(NC(=O)CNC(=O)CCCCNc1ccccn1)c1ccc(-c2cccc3ccccc23)cc1.[H-].[Na+]. The number of nitrogens with zero attached hydrogens (tertiary/aromatic N) is 1. The van der Waals surface area contributed by atoms with Crippen molar-refractivity contribution in [1.29, 1.82) is 0 Å². The number of nitrogens with one attached hydrogen (secondary N) is 3. The molecule has 1 atom stereocenters. The zero-order valence-electron chi connectivity index (χ0n) is 23.6. The molecular weight excluding hydrogens is 515 g/mol. The molecule has 1 unspecified atom stereocenters. The number of carboxylic acid groups (broad SMARTS) is 1. The molecule has 3 aromatic carbocycles. The molecule has 4 rings (SSSR count). The fourth-order valence-electron chi connectivity index (χ4n) is 4.41. The van der Waals surface area contributed by atoms with E-state index in [2.05, 4.69) is 39.1 Å². The minimum absolute atomic E-state index is 0. The van der Waals surface area contributed by atoms with Crippen LogP contribution in [0.2, 0.25) is 0 Å². The molecule has 4 aromatic rings. The smallest absolute Gasteiger partial charge is 1.00 e. The van der Waals surface area contributed by atoms with Gasteiger partial charge in [0.1, 0.15) is 5.82 Å². The normalized spacial score (nSPS) is 11.2. The maximum absolute atomic E-state index is 12.5. The van der Waals surface area contributed by atoms with E-state index in [1.54, 1.807) is 6.20 Å². The zero-order valence-corrected chi connectivity index (χ0v) is 24.6. The molecule has 9 heteroatoms. The zero-order chi connectivity index (χ0) is 27.5. The number of benzene rings is 3. The van der Waals surface area contributed by atoms with E-state index in [1.807, 2.05) is 66.7 Å². The third kappa shape index (κ3) is 9.19. The molecule has 40 heavy (non-hydrogen) atoms. The molecule has 0 aliphatic rings. The van der Waals surface area contributed by atoms with E-state index in [1.165, 1.54) is 0 Å². The van der Waals surface area contributed by atoms with E-state index in [0.29, 0.717) is 24.9 Å². The van der Waals surface area contributed by atoms with Crippen LogP contribution in [0.4, 0.5) is 5.82 Å². The molecule has 1 heterocycles. The number of carbonyl (C=O) groups excluding carboxylic acids is 2. The summed E-state index contributed by atoms with van der Waals surface area (Å²) in [7, 11) is 0. The summed E-state index contributed by atoms with van der Waals surface area (Å²) in [5.41, 5.74) is 2.76. The molecule has 8 nitrogen and oxygen atoms in total. The molecular formula is C31H33N4NaO4. The number of hydrogen-bond acceptors (Lipinski definition) is 5. The Balaban J connectivity index is 0.00000294. The number of fused-ring (bicyclic) bond motifs is 1. The molecule has 0 saturated heterocycles. The van der Waals surface area contributed by atoms with Crippen molar-refractivity contribution in [3.8, 4) is 11.1 Å². The van der Waals surface area contributed by atoms with Crippen LogP contribution in [0.3, 0.4) is 0 Å². The predicted octanol–water partition coefficient (Wildman–Crippen LogP) is 2.05. The van der Waals surface area contributed by atoms with E-state index < -0.39 is 17.9 Å². The second-order valence-electron chi connectivity index (χ2n) is 9.24. The molecule has 2 amide bonds. The number of rotatable bonds is 13. The van der Waals surface area contributed by atoms with E-state index in [-0.39, 0.29) is 49.9 Å². The van der Waals surface area contributed by atoms with Crippen LogP contribution in [0.15, 0.2) is 91.1 Å². The van der Waals surface area contributed by atoms with Crippen molar-refractivity contribution < 1.29 is 50.5 Å². The van der Waals surface area contributed by atoms with Crippen LogP contribution in [0, 0.1) is 0 Å². The van der Waals surface area contributed by atoms with Crippen molar-refractivity contribution in [1.82, 2.24) is 15.6 Å². The van der Waals surface area contributed by atoms with Crippen LogP contribution in [0.1, 0.15) is 38.7 Å². The van der Waals surface area contributed by atoms with Gasteiger partial charge in [-0.1, -0.05) is 72.8 Å². The molecule has 1 aromatic heterocycles. The average Bonchev–Trinajstić information content (AvgIpc) is 2.96. The minimum Gasteiger partial charge on any atom is -1.00 e. The Morgan fingerprint density at radius 2 is 1.60 bits per heavy atom. The first kappa shape index (κ1) is 30.8. The van der Waals surface area contributed by atoms with Gasteiger partial charge in [-0.05, 0) is 52.4 Å². The standard InChI is InChI=1S/C31H32N4O4.Na.H/c36-29(13-4-6-19-33-28-12-3-5-18-32-28)34-21-30(37)35-27(20-31(38)39)24-16-14-23(15-17-24)26-11-7-9-22-8-1-2-10-25(22)26;;/h1-3,5,7-12,14-18,27H,4,6,13,19-21H2,(H,32,33)(H,34,36)(H,35,37)(H,38,39);;/q;+1;-1. The number of carbonyl (C=O) groups is 3. The Hall–Kier alpha value is -3.72. The van der Waals surface area contributed by atoms with Gasteiger partial charge in [0.25, 0.3) is 0 Å². The minimum atomic E-state index is -1.03. The Morgan fingerprint density at radius 1 is 0.850 bits per heavy atom. The molecule has 0 fully saturated rings. The number of anilines is 1. The number of amides is 2. The number of carboxylic acids is 1. The maximum Gasteiger partial charge on any atom is 1.00 e. The second-order valence-corrected chi connectivity index (χ2v) is 9.24. The summed E-state index contributed by atoms with van der Waals surface area (Å²) in [5, 5.41) is 20.2. The third-order valence-corrected chi connectivity index (χ3v) is 6.38. The van der Waals surface area contributed by atoms with Gasteiger partial charge >= 0.3 is 35.5 Å². The predicted molar refractivity (Wildman–Crippen MR) is 153 cm³/mol. The second kappa shape index (κ2) is 15.8. The van der Waals surface area contributed by atoms with Gasteiger partial charge in [0.05, 0.1) is 19.0 Å². The topological polar surface area (TPSA) is 120 Å². The summed E-state index contributed by atoms with van der Waals surface area (Å²) in [6, 6.07) is 26.7. The van der Waals surface area contributed by atoms with Gasteiger partial charge in [-0.2, -0.15) is 0 Å². The number of aromatic nitrogens is 1. The number of hydrogen-bond donors (Lipinski definition) is 4. The van der Waals surface area contributed by atoms with Crippen LogP contribution in [-0.2, 0) is 14.4 Å². The van der Waals surface area contributed by atoms with E-state index in [9.17, 15) is 19.5 Å². The molecule has 0 saturated carbocycles. The molecule has 0 aliphatic carbocycles. The van der Waals surface area contributed by atoms with Gasteiger partial charge in [0.15, 0.2) is 0 Å². The van der Waals surface area contributed by atoms with Crippen molar-refractivity contribution >= 4 is 34.4 Å². The number of unbranched alkanes of at least 4 members (excludes halogenated alkanes) is 1. The molecule has 0 aliphatic heterocycles. The molecule has 202 valence electrons. The van der Waals surface area contributed by atoms with E-state index >= 15 is 0 Å². The van der Waals surface area contributed by atoms with Crippen molar-refractivity contribution in [3.63, 3.8) is 0 Å². The van der Waals surface area contributed by atoms with Crippen LogP contribution in [0.25, 0.3) is 21.9 Å². The van der Waals surface area contributed by atoms with Gasteiger partial charge in [0, 0.05) is 19.2 Å². The maximum atomic E-state index is 12.5. The van der Waals surface area contributed by atoms with E-state index in [0.717, 1.165) is 34.1 Å². The van der Waals surface area contributed by atoms with Crippen molar-refractivity contribution in [2.24, 2.45) is 0 Å². The molecule has 0 bridgehead atoms. The monoisotopic (exact) mass is 548 g/mol. The Bertz CT molecular complexity index is 1420. The number of pyridine rings is 1. The first-order valence-corrected chi connectivity index (χ1v) is 13.0. The van der Waals surface area contributed by atoms with E-state index in [4.69, 9.17) is 0 Å². The van der Waals surface area contributed by atoms with Crippen molar-refractivity contribution in [2.45, 2.75) is 31.7 Å². The quantitative estimate of drug-likeness (QED) is 0.150. The summed E-state index contributed by atoms with van der Waals surface area (Å²) < 4.78 is 0. The van der Waals surface area contributed by atoms with Gasteiger partial charge < -0.3 is 22.5 Å². The molecule has 0 radical (unpaired) electrons. The molecule has 0 spiro atoms. The fraction of sp³-hybridized carbons (Fsp3) is 0.226. The summed E-state index contributed by atoms with van der Waals surface area (Å²) in [4.78, 5) is 40.4. The fourth-order valence-corrected chi connectivity index (χ4v) is 4.41. The van der Waals surface area contributed by atoms with Crippen LogP contribution in [-0.4, -0.2) is 41.0 Å². The summed E-state index contributed by atoms with van der Waals surface area (Å²) >= 11 is 0. The Morgan fingerprint density at radius 3 is 2.35 bits per heavy atom. The average molecular weight is 549 g/mol. The van der Waals surface area contributed by atoms with Crippen LogP contribution in [0.5, 0.6) is 0 Å². The van der Waals surface area contributed by atoms with Gasteiger partial charge in [-0.25, -0.2) is 4.98 Å². The summed E-state index contributed by atoms with van der Waals surface area (Å²) in [6.45, 7) is 0.482. The van der Waals surface area contributed by atoms with Crippen LogP contribution < -0.4 is 45.5 Å². The first-order chi connectivity index (χ1) is 19.0. The first-order valence-electron chi connectivity index (χ1n) is 13.0. The van der Waals surface area contributed by atoms with Crippen LogP contribution >= 0.6 is 0 Å². The Kier molecular flexibility index (Phi) is 12.1. The molecule has 4 N–H and O–H groups in total. The third-order valence-electron chi connectivity index (χ3n) is 6.38.